The Morgan fingerprint density at radius 1 is 2.00 bits per heavy atom. The van der Waals surface area contributed by atoms with Crippen LogP contribution in [0.5, 0.6) is 0 Å². The van der Waals surface area contributed by atoms with Crippen molar-refractivity contribution in [3.63, 3.8) is 0 Å². The summed E-state index contributed by atoms with van der Waals surface area (Å²) in [4.78, 5) is 0. The van der Waals surface area contributed by atoms with Crippen molar-refractivity contribution in [3.8, 4) is 0 Å². The second kappa shape index (κ2) is 3.77. The maximum atomic E-state index is 9.86. The summed E-state index contributed by atoms with van der Waals surface area (Å²) in [7, 11) is 0. The van der Waals surface area contributed by atoms with Gasteiger partial charge in [-0.15, -0.1) is 0 Å². The van der Waals surface area contributed by atoms with E-state index in [2.05, 4.69) is 11.3 Å². The largest absolute Gasteiger partial charge is 0.294 e. The topological polar surface area (TPSA) is 49.3 Å². The Labute approximate surface area is 51.2 Å². The van der Waals surface area contributed by atoms with Gasteiger partial charge in [-0.2, -0.15) is 0 Å². The number of hydrogen-bond acceptors (Lipinski definition) is 1. The van der Waals surface area contributed by atoms with Gasteiger partial charge in [0, 0.05) is 6.54 Å². The highest BCUT2D eigenvalue weighted by atomic mass is 32.2. The molecule has 2 N–H and O–H groups in total. The Morgan fingerprint density at radius 3 is 2.62 bits per heavy atom. The first-order valence-electron chi connectivity index (χ1n) is 2.11. The van der Waals surface area contributed by atoms with Crippen LogP contribution in [0.3, 0.4) is 0 Å². The van der Waals surface area contributed by atoms with E-state index in [9.17, 15) is 4.21 Å². The van der Waals surface area contributed by atoms with E-state index in [-0.39, 0.29) is 0 Å². The summed E-state index contributed by atoms with van der Waals surface area (Å²) in [5, 5.41) is 0. The summed E-state index contributed by atoms with van der Waals surface area (Å²) in [6.45, 7) is 5.69. The Morgan fingerprint density at radius 2 is 2.50 bits per heavy atom. The van der Waals surface area contributed by atoms with Crippen molar-refractivity contribution in [2.75, 3.05) is 6.54 Å². The molecule has 0 aromatic heterocycles. The van der Waals surface area contributed by atoms with E-state index in [1.165, 1.54) is 0 Å². The molecular weight excluding hydrogens is 126 g/mol. The predicted octanol–water partition coefficient (Wildman–Crippen LogP) is 0.289. The summed E-state index contributed by atoms with van der Waals surface area (Å²) < 4.78 is 20.3. The summed E-state index contributed by atoms with van der Waals surface area (Å²) in [6.07, 6.45) is 0. The predicted molar refractivity (Wildman–Crippen MR) is 33.6 cm³/mol. The van der Waals surface area contributed by atoms with Crippen LogP contribution in [0.15, 0.2) is 12.2 Å². The molecule has 4 heteroatoms. The van der Waals surface area contributed by atoms with E-state index in [1.807, 2.05) is 0 Å². The molecule has 0 saturated heterocycles. The summed E-state index contributed by atoms with van der Waals surface area (Å²) >= 11 is -1.90. The van der Waals surface area contributed by atoms with Crippen molar-refractivity contribution in [3.05, 3.63) is 12.2 Å². The van der Waals surface area contributed by atoms with Crippen molar-refractivity contribution < 1.29 is 8.76 Å². The van der Waals surface area contributed by atoms with Crippen molar-refractivity contribution in [2.24, 2.45) is 0 Å². The average Bonchev–Trinajstić information content (AvgIpc) is 1.61. The van der Waals surface area contributed by atoms with Crippen molar-refractivity contribution in [2.45, 2.75) is 6.92 Å². The zero-order valence-electron chi connectivity index (χ0n) is 4.68. The standard InChI is InChI=1S/C4H9NO2S/c1-4(2)3-5-8(6)7/h5H,1,3H2,2H3,(H,6,7). The van der Waals surface area contributed by atoms with Gasteiger partial charge in [-0.05, 0) is 6.92 Å². The molecule has 0 saturated carbocycles. The van der Waals surface area contributed by atoms with Gasteiger partial charge in [-0.3, -0.25) is 4.55 Å². The van der Waals surface area contributed by atoms with Gasteiger partial charge in [0.15, 0.2) is 0 Å². The van der Waals surface area contributed by atoms with E-state index in [0.717, 1.165) is 5.57 Å². The van der Waals surface area contributed by atoms with Crippen molar-refractivity contribution in [1.29, 1.82) is 0 Å². The molecule has 1 atom stereocenters. The first kappa shape index (κ1) is 7.81. The first-order valence-corrected chi connectivity index (χ1v) is 3.22. The molecule has 1 unspecified atom stereocenters. The number of nitrogens with one attached hydrogen (secondary N) is 1. The van der Waals surface area contributed by atoms with Gasteiger partial charge in [0.05, 0.1) is 0 Å². The highest BCUT2D eigenvalue weighted by Gasteiger charge is 1.88. The Balaban J connectivity index is 3.18. The maximum absolute atomic E-state index is 9.86. The first-order chi connectivity index (χ1) is 3.63. The lowest BCUT2D eigenvalue weighted by Crippen LogP contribution is -2.17. The normalized spacial score (nSPS) is 13.2. The van der Waals surface area contributed by atoms with Crippen LogP contribution in [0.4, 0.5) is 0 Å². The third-order valence-electron chi connectivity index (χ3n) is 0.497. The zero-order valence-corrected chi connectivity index (χ0v) is 5.49. The number of rotatable bonds is 3. The second-order valence-electron chi connectivity index (χ2n) is 1.53. The summed E-state index contributed by atoms with van der Waals surface area (Å²) in [6, 6.07) is 0. The van der Waals surface area contributed by atoms with Gasteiger partial charge in [0.1, 0.15) is 0 Å². The summed E-state index contributed by atoms with van der Waals surface area (Å²) in [5.41, 5.74) is 0.840. The molecule has 0 heterocycles. The lowest BCUT2D eigenvalue weighted by atomic mass is 10.4. The fourth-order valence-electron chi connectivity index (χ4n) is 0.185. The molecule has 0 aliphatic carbocycles. The highest BCUT2D eigenvalue weighted by molar-refractivity contribution is 7.77. The van der Waals surface area contributed by atoms with Gasteiger partial charge in [-0.1, -0.05) is 12.2 Å². The maximum Gasteiger partial charge on any atom is 0.232 e. The van der Waals surface area contributed by atoms with Gasteiger partial charge < -0.3 is 0 Å². The van der Waals surface area contributed by atoms with Crippen molar-refractivity contribution >= 4 is 11.3 Å². The second-order valence-corrected chi connectivity index (χ2v) is 2.31. The van der Waals surface area contributed by atoms with Crippen LogP contribution in [0.2, 0.25) is 0 Å². The lowest BCUT2D eigenvalue weighted by molar-refractivity contribution is 0.552. The van der Waals surface area contributed by atoms with E-state index >= 15 is 0 Å². The fraction of sp³-hybridized carbons (Fsp3) is 0.500. The van der Waals surface area contributed by atoms with Crippen LogP contribution in [-0.4, -0.2) is 15.3 Å². The minimum atomic E-state index is -1.90. The third kappa shape index (κ3) is 5.81. The summed E-state index contributed by atoms with van der Waals surface area (Å²) in [5.74, 6) is 0. The molecule has 0 rings (SSSR count). The monoisotopic (exact) mass is 135 g/mol. The molecule has 48 valence electrons. The van der Waals surface area contributed by atoms with E-state index in [4.69, 9.17) is 4.55 Å². The molecule has 0 aromatic carbocycles. The SMILES string of the molecule is C=C(C)CNS(=O)O. The van der Waals surface area contributed by atoms with Crippen LogP contribution in [0.25, 0.3) is 0 Å². The molecule has 0 bridgehead atoms. The van der Waals surface area contributed by atoms with E-state index < -0.39 is 11.3 Å². The lowest BCUT2D eigenvalue weighted by Gasteiger charge is -1.94. The van der Waals surface area contributed by atoms with Crippen LogP contribution in [0, 0.1) is 0 Å². The van der Waals surface area contributed by atoms with Crippen LogP contribution >= 0.6 is 0 Å². The molecule has 3 nitrogen and oxygen atoms in total. The van der Waals surface area contributed by atoms with Gasteiger partial charge in [0.2, 0.25) is 11.3 Å². The molecular formula is C4H9NO2S. The Kier molecular flexibility index (Phi) is 3.68. The smallest absolute Gasteiger partial charge is 0.232 e. The molecule has 8 heavy (non-hydrogen) atoms. The third-order valence-corrected chi connectivity index (χ3v) is 0.889. The van der Waals surface area contributed by atoms with Crippen molar-refractivity contribution in [1.82, 2.24) is 4.72 Å². The van der Waals surface area contributed by atoms with Crippen LogP contribution in [-0.2, 0) is 11.3 Å². The minimum absolute atomic E-state index is 0.392. The fourth-order valence-corrected chi connectivity index (χ4v) is 0.555. The highest BCUT2D eigenvalue weighted by Crippen LogP contribution is 1.80. The zero-order chi connectivity index (χ0) is 6.57. The Hall–Kier alpha value is -0.190. The van der Waals surface area contributed by atoms with Gasteiger partial charge in [0.25, 0.3) is 0 Å². The molecule has 0 aliphatic heterocycles. The Bertz CT molecular complexity index is 98.6. The van der Waals surface area contributed by atoms with Crippen LogP contribution < -0.4 is 4.72 Å². The molecule has 0 spiro atoms. The van der Waals surface area contributed by atoms with Gasteiger partial charge in [-0.25, -0.2) is 8.93 Å². The molecule has 0 radical (unpaired) electrons. The molecule has 0 aliphatic rings. The molecule has 0 fully saturated rings. The van der Waals surface area contributed by atoms with Gasteiger partial charge >= 0.3 is 0 Å². The van der Waals surface area contributed by atoms with E-state index in [1.54, 1.807) is 6.92 Å². The number of hydrogen-bond donors (Lipinski definition) is 2. The quantitative estimate of drug-likeness (QED) is 0.431. The molecule has 0 aromatic rings. The molecule has 0 amide bonds. The average molecular weight is 135 g/mol. The minimum Gasteiger partial charge on any atom is -0.294 e. The van der Waals surface area contributed by atoms with E-state index in [0.29, 0.717) is 6.54 Å². The van der Waals surface area contributed by atoms with Crippen LogP contribution in [0.1, 0.15) is 6.92 Å².